The van der Waals surface area contributed by atoms with E-state index in [0.29, 0.717) is 13.0 Å². The molecule has 1 unspecified atom stereocenters. The second-order valence-corrected chi connectivity index (χ2v) is 10.7. The molecule has 3 rings (SSSR count). The van der Waals surface area contributed by atoms with Crippen molar-refractivity contribution < 1.29 is 13.2 Å². The first kappa shape index (κ1) is 18.9. The number of hydrogen-bond acceptors (Lipinski definition) is 4. The molecule has 4 nitrogen and oxygen atoms in total. The van der Waals surface area contributed by atoms with Crippen molar-refractivity contribution in [3.63, 3.8) is 0 Å². The summed E-state index contributed by atoms with van der Waals surface area (Å²) in [6.07, 6.45) is 9.65. The van der Waals surface area contributed by atoms with E-state index in [-0.39, 0.29) is 23.5 Å². The van der Waals surface area contributed by atoms with Gasteiger partial charge in [-0.15, -0.1) is 11.3 Å². The lowest BCUT2D eigenvalue weighted by Gasteiger charge is -2.27. The monoisotopic (exact) mass is 383 g/mol. The summed E-state index contributed by atoms with van der Waals surface area (Å²) in [7, 11) is -2.98. The van der Waals surface area contributed by atoms with Crippen molar-refractivity contribution in [2.75, 3.05) is 18.1 Å². The second kappa shape index (κ2) is 8.21. The number of unbranched alkanes of at least 4 members (excludes halogenated alkanes) is 1. The van der Waals surface area contributed by atoms with Crippen LogP contribution in [0.25, 0.3) is 0 Å². The van der Waals surface area contributed by atoms with Gasteiger partial charge in [0.05, 0.1) is 16.4 Å². The number of amides is 1. The third-order valence-electron chi connectivity index (χ3n) is 5.37. The predicted molar refractivity (Wildman–Crippen MR) is 103 cm³/mol. The topological polar surface area (TPSA) is 54.5 Å². The second-order valence-electron chi connectivity index (χ2n) is 7.38. The molecule has 25 heavy (non-hydrogen) atoms. The molecule has 0 aromatic carbocycles. The van der Waals surface area contributed by atoms with Gasteiger partial charge >= 0.3 is 0 Å². The molecule has 2 heterocycles. The smallest absolute Gasteiger partial charge is 0.264 e. The Balaban J connectivity index is 1.81. The highest BCUT2D eigenvalue weighted by molar-refractivity contribution is 7.91. The Morgan fingerprint density at radius 3 is 2.68 bits per heavy atom. The van der Waals surface area contributed by atoms with Crippen LogP contribution >= 0.6 is 11.3 Å². The molecule has 1 aliphatic heterocycles. The molecule has 1 aliphatic carbocycles. The van der Waals surface area contributed by atoms with Gasteiger partial charge in [0.1, 0.15) is 0 Å². The first-order valence-electron chi connectivity index (χ1n) is 9.63. The fraction of sp³-hybridized carbons (Fsp3) is 0.737. The van der Waals surface area contributed by atoms with Gasteiger partial charge in [-0.2, -0.15) is 0 Å². The predicted octanol–water partition coefficient (Wildman–Crippen LogP) is 3.84. The Bertz CT molecular complexity index is 683. The molecule has 1 atom stereocenters. The number of fused-ring (bicyclic) bond motifs is 1. The number of carbonyl (C=O) groups excluding carboxylic acids is 1. The Hall–Kier alpha value is -0.880. The number of thiophene rings is 1. The SMILES string of the molecule is CCCCN(C(=O)c1cc2c(s1)CCCCCC2)C1CCS(=O)(=O)C1. The van der Waals surface area contributed by atoms with Crippen molar-refractivity contribution in [3.8, 4) is 0 Å². The van der Waals surface area contributed by atoms with Gasteiger partial charge in [-0.1, -0.05) is 26.2 Å². The maximum Gasteiger partial charge on any atom is 0.264 e. The molecule has 0 radical (unpaired) electrons. The zero-order valence-electron chi connectivity index (χ0n) is 15.1. The average molecular weight is 384 g/mol. The first-order valence-corrected chi connectivity index (χ1v) is 12.3. The summed E-state index contributed by atoms with van der Waals surface area (Å²) in [4.78, 5) is 17.2. The van der Waals surface area contributed by atoms with Crippen molar-refractivity contribution in [3.05, 3.63) is 21.4 Å². The quantitative estimate of drug-likeness (QED) is 0.776. The number of nitrogens with zero attached hydrogens (tertiary/aromatic N) is 1. The summed E-state index contributed by atoms with van der Waals surface area (Å²) < 4.78 is 23.8. The third kappa shape index (κ3) is 4.64. The van der Waals surface area contributed by atoms with E-state index in [1.807, 2.05) is 4.90 Å². The van der Waals surface area contributed by atoms with Gasteiger partial charge in [0.25, 0.3) is 5.91 Å². The maximum atomic E-state index is 13.2. The highest BCUT2D eigenvalue weighted by Crippen LogP contribution is 2.30. The highest BCUT2D eigenvalue weighted by atomic mass is 32.2. The number of rotatable bonds is 5. The molecule has 0 spiro atoms. The summed E-state index contributed by atoms with van der Waals surface area (Å²) in [5, 5.41) is 0. The molecule has 1 fully saturated rings. The van der Waals surface area contributed by atoms with Crippen LogP contribution in [0.5, 0.6) is 0 Å². The van der Waals surface area contributed by atoms with Crippen LogP contribution in [-0.4, -0.2) is 43.3 Å². The minimum Gasteiger partial charge on any atom is -0.334 e. The van der Waals surface area contributed by atoms with Gasteiger partial charge < -0.3 is 4.90 Å². The van der Waals surface area contributed by atoms with Gasteiger partial charge in [-0.05, 0) is 50.2 Å². The van der Waals surface area contributed by atoms with E-state index in [4.69, 9.17) is 0 Å². The van der Waals surface area contributed by atoms with Gasteiger partial charge in [0.15, 0.2) is 9.84 Å². The van der Waals surface area contributed by atoms with E-state index in [2.05, 4.69) is 13.0 Å². The molecule has 1 amide bonds. The van der Waals surface area contributed by atoms with Gasteiger partial charge in [-0.25, -0.2) is 8.42 Å². The van der Waals surface area contributed by atoms with E-state index in [9.17, 15) is 13.2 Å². The van der Waals surface area contributed by atoms with E-state index < -0.39 is 9.84 Å². The number of aryl methyl sites for hydroxylation is 2. The Morgan fingerprint density at radius 2 is 2.00 bits per heavy atom. The summed E-state index contributed by atoms with van der Waals surface area (Å²) in [5.74, 6) is 0.398. The summed E-state index contributed by atoms with van der Waals surface area (Å²) in [5.41, 5.74) is 1.35. The number of hydrogen-bond donors (Lipinski definition) is 0. The van der Waals surface area contributed by atoms with Crippen LogP contribution in [0.4, 0.5) is 0 Å². The highest BCUT2D eigenvalue weighted by Gasteiger charge is 2.35. The molecule has 0 N–H and O–H groups in total. The third-order valence-corrected chi connectivity index (χ3v) is 8.35. The van der Waals surface area contributed by atoms with Crippen LogP contribution < -0.4 is 0 Å². The Kier molecular flexibility index (Phi) is 6.21. The van der Waals surface area contributed by atoms with Crippen LogP contribution in [0, 0.1) is 0 Å². The fourth-order valence-corrected chi connectivity index (χ4v) is 6.83. The van der Waals surface area contributed by atoms with E-state index in [1.165, 1.54) is 36.1 Å². The fourth-order valence-electron chi connectivity index (χ4n) is 3.89. The standard InChI is InChI=1S/C19H29NO3S2/c1-2-3-11-20(16-10-12-25(22,23)14-16)19(21)18-13-15-8-6-4-5-7-9-17(15)24-18/h13,16H,2-12,14H2,1H3. The molecular formula is C19H29NO3S2. The van der Waals surface area contributed by atoms with Crippen LogP contribution in [0.3, 0.4) is 0 Å². The van der Waals surface area contributed by atoms with Gasteiger partial charge in [-0.3, -0.25) is 4.79 Å². The molecule has 2 aliphatic rings. The number of sulfone groups is 1. The zero-order valence-corrected chi connectivity index (χ0v) is 16.8. The maximum absolute atomic E-state index is 13.2. The summed E-state index contributed by atoms with van der Waals surface area (Å²) in [6, 6.07) is 1.95. The molecule has 6 heteroatoms. The lowest BCUT2D eigenvalue weighted by atomic mass is 9.99. The van der Waals surface area contributed by atoms with Crippen LogP contribution in [0.15, 0.2) is 6.07 Å². The van der Waals surface area contributed by atoms with Crippen LogP contribution in [0.1, 0.15) is 72.0 Å². The summed E-state index contributed by atoms with van der Waals surface area (Å²) >= 11 is 1.65. The molecule has 0 saturated carbocycles. The normalized spacial score (nSPS) is 22.8. The van der Waals surface area contributed by atoms with Crippen molar-refractivity contribution in [1.82, 2.24) is 4.90 Å². The van der Waals surface area contributed by atoms with E-state index in [1.54, 1.807) is 11.3 Å². The van der Waals surface area contributed by atoms with Crippen molar-refractivity contribution in [2.45, 2.75) is 70.8 Å². The largest absolute Gasteiger partial charge is 0.334 e. The molecule has 140 valence electrons. The molecule has 1 saturated heterocycles. The van der Waals surface area contributed by atoms with Crippen molar-refractivity contribution >= 4 is 27.1 Å². The molecular weight excluding hydrogens is 354 g/mol. The average Bonchev–Trinajstić information content (AvgIpc) is 3.10. The van der Waals surface area contributed by atoms with Crippen molar-refractivity contribution in [1.29, 1.82) is 0 Å². The van der Waals surface area contributed by atoms with Gasteiger partial charge in [0, 0.05) is 17.5 Å². The minimum absolute atomic E-state index is 0.0484. The lowest BCUT2D eigenvalue weighted by Crippen LogP contribution is -2.41. The molecule has 1 aromatic rings. The van der Waals surface area contributed by atoms with E-state index in [0.717, 1.165) is 30.6 Å². The molecule has 1 aromatic heterocycles. The Morgan fingerprint density at radius 1 is 1.24 bits per heavy atom. The minimum atomic E-state index is -2.98. The van der Waals surface area contributed by atoms with Crippen LogP contribution in [0.2, 0.25) is 0 Å². The molecule has 0 bridgehead atoms. The lowest BCUT2D eigenvalue weighted by molar-refractivity contribution is 0.0699. The zero-order chi connectivity index (χ0) is 17.9. The van der Waals surface area contributed by atoms with Crippen LogP contribution in [-0.2, 0) is 22.7 Å². The van der Waals surface area contributed by atoms with Gasteiger partial charge in [0.2, 0.25) is 0 Å². The summed E-state index contributed by atoms with van der Waals surface area (Å²) in [6.45, 7) is 2.77. The first-order chi connectivity index (χ1) is 12.0. The van der Waals surface area contributed by atoms with E-state index >= 15 is 0 Å². The van der Waals surface area contributed by atoms with Crippen molar-refractivity contribution in [2.24, 2.45) is 0 Å². The Labute approximate surface area is 155 Å². The number of carbonyl (C=O) groups is 1.